The molecule has 3 aromatic rings. The monoisotopic (exact) mass is 468 g/mol. The summed E-state index contributed by atoms with van der Waals surface area (Å²) in [5, 5.41) is 11.2. The summed E-state index contributed by atoms with van der Waals surface area (Å²) in [5.74, 6) is 2.52. The fourth-order valence-corrected chi connectivity index (χ4v) is 4.03. The van der Waals surface area contributed by atoms with Crippen molar-refractivity contribution in [3.63, 3.8) is 0 Å². The molecule has 0 radical (unpaired) electrons. The lowest BCUT2D eigenvalue weighted by atomic mass is 10.0. The highest BCUT2D eigenvalue weighted by molar-refractivity contribution is 7.86. The molecule has 0 unspecified atom stereocenters. The van der Waals surface area contributed by atoms with E-state index in [-0.39, 0.29) is 24.9 Å². The normalized spacial score (nSPS) is 13.6. The van der Waals surface area contributed by atoms with Crippen molar-refractivity contribution < 1.29 is 17.5 Å². The van der Waals surface area contributed by atoms with Crippen molar-refractivity contribution in [3.8, 4) is 18.1 Å². The summed E-state index contributed by atoms with van der Waals surface area (Å²) in [6.07, 6.45) is 6.80. The molecule has 9 nitrogen and oxygen atoms in total. The van der Waals surface area contributed by atoms with Crippen LogP contribution in [0.5, 0.6) is 5.75 Å². The molecule has 1 aromatic heterocycles. The summed E-state index contributed by atoms with van der Waals surface area (Å²) in [6, 6.07) is 12.4. The molecule has 11 heteroatoms. The number of anilines is 4. The van der Waals surface area contributed by atoms with Crippen LogP contribution in [0.3, 0.4) is 0 Å². The zero-order valence-electron chi connectivity index (χ0n) is 17.5. The van der Waals surface area contributed by atoms with E-state index >= 15 is 0 Å². The number of aromatic nitrogens is 2. The molecule has 33 heavy (non-hydrogen) atoms. The predicted octanol–water partition coefficient (Wildman–Crippen LogP) is 2.68. The Labute approximate surface area is 191 Å². The van der Waals surface area contributed by atoms with Gasteiger partial charge in [0.25, 0.3) is 10.2 Å². The third kappa shape index (κ3) is 5.56. The zero-order valence-corrected chi connectivity index (χ0v) is 18.3. The molecule has 4 rings (SSSR count). The van der Waals surface area contributed by atoms with E-state index in [1.165, 1.54) is 4.31 Å². The Morgan fingerprint density at radius 1 is 1.15 bits per heavy atom. The van der Waals surface area contributed by atoms with Crippen molar-refractivity contribution >= 4 is 33.4 Å². The number of nitrogens with one attached hydrogen (secondary N) is 2. The van der Waals surface area contributed by atoms with Crippen LogP contribution in [0.1, 0.15) is 11.1 Å². The first-order chi connectivity index (χ1) is 15.8. The van der Waals surface area contributed by atoms with E-state index in [0.29, 0.717) is 30.1 Å². The molecule has 0 atom stereocenters. The Morgan fingerprint density at radius 2 is 1.91 bits per heavy atom. The van der Waals surface area contributed by atoms with E-state index in [4.69, 9.17) is 16.3 Å². The maximum atomic E-state index is 14.3. The Hall–Kier alpha value is -3.72. The number of benzene rings is 2. The predicted molar refractivity (Wildman–Crippen MR) is 123 cm³/mol. The molecule has 0 saturated carbocycles. The molecule has 0 amide bonds. The van der Waals surface area contributed by atoms with Crippen molar-refractivity contribution in [1.29, 1.82) is 0 Å². The molecule has 170 valence electrons. The molecule has 1 aliphatic heterocycles. The summed E-state index contributed by atoms with van der Waals surface area (Å²) in [5.41, 5.74) is 3.10. The largest absolute Gasteiger partial charge is 0.481 e. The molecule has 0 fully saturated rings. The molecular formula is C22H21FN6O3S. The van der Waals surface area contributed by atoms with E-state index in [9.17, 15) is 12.8 Å². The first kappa shape index (κ1) is 22.5. The molecule has 2 aromatic carbocycles. The van der Waals surface area contributed by atoms with Crippen LogP contribution in [0.4, 0.5) is 27.5 Å². The minimum absolute atomic E-state index is 0.0110. The highest BCUT2D eigenvalue weighted by Gasteiger charge is 2.23. The van der Waals surface area contributed by atoms with Crippen LogP contribution in [-0.4, -0.2) is 35.8 Å². The van der Waals surface area contributed by atoms with Crippen molar-refractivity contribution in [2.45, 2.75) is 13.0 Å². The Balaban J connectivity index is 1.49. The maximum absolute atomic E-state index is 14.3. The Kier molecular flexibility index (Phi) is 6.41. The van der Waals surface area contributed by atoms with Crippen molar-refractivity contribution in [3.05, 3.63) is 65.6 Å². The van der Waals surface area contributed by atoms with E-state index in [2.05, 4.69) is 26.5 Å². The van der Waals surface area contributed by atoms with Gasteiger partial charge in [0.15, 0.2) is 11.6 Å². The van der Waals surface area contributed by atoms with Gasteiger partial charge < -0.3 is 15.4 Å². The highest BCUT2D eigenvalue weighted by Crippen LogP contribution is 2.26. The number of fused-ring (bicyclic) bond motifs is 1. The summed E-state index contributed by atoms with van der Waals surface area (Å²) in [4.78, 5) is 8.20. The summed E-state index contributed by atoms with van der Waals surface area (Å²) in [6.45, 7) is 0.679. The van der Waals surface area contributed by atoms with Gasteiger partial charge in [0, 0.05) is 24.5 Å². The number of terminal acetylenes is 1. The van der Waals surface area contributed by atoms with Crippen LogP contribution in [0, 0.1) is 18.2 Å². The van der Waals surface area contributed by atoms with E-state index in [0.717, 1.165) is 17.3 Å². The zero-order chi connectivity index (χ0) is 23.4. The third-order valence-corrected chi connectivity index (χ3v) is 6.01. The number of halogens is 1. The molecule has 2 heterocycles. The molecular weight excluding hydrogens is 447 g/mol. The maximum Gasteiger partial charge on any atom is 0.277 e. The van der Waals surface area contributed by atoms with Gasteiger partial charge in [0.05, 0.1) is 6.20 Å². The van der Waals surface area contributed by atoms with Crippen LogP contribution in [-0.2, 0) is 23.2 Å². The fraction of sp³-hybridized carbons (Fsp3) is 0.182. The first-order valence-corrected chi connectivity index (χ1v) is 11.4. The van der Waals surface area contributed by atoms with Gasteiger partial charge in [0.1, 0.15) is 12.4 Å². The second kappa shape index (κ2) is 9.41. The SMILES string of the molecule is C#CCOc1ccc(Nc2nc(Nc3ccc4c(c3)CN(S(N)(=O)=O)CC4)ncc2F)cc1. The Morgan fingerprint density at radius 3 is 2.64 bits per heavy atom. The van der Waals surface area contributed by atoms with Crippen molar-refractivity contribution in [1.82, 2.24) is 14.3 Å². The number of rotatable bonds is 7. The third-order valence-electron chi connectivity index (χ3n) is 4.98. The van der Waals surface area contributed by atoms with Crippen LogP contribution in [0.2, 0.25) is 0 Å². The summed E-state index contributed by atoms with van der Waals surface area (Å²) < 4.78 is 44.2. The van der Waals surface area contributed by atoms with Gasteiger partial charge in [-0.15, -0.1) is 6.42 Å². The average Bonchev–Trinajstić information content (AvgIpc) is 2.80. The molecule has 0 spiro atoms. The van der Waals surface area contributed by atoms with E-state index < -0.39 is 16.0 Å². The quantitative estimate of drug-likeness (QED) is 0.456. The lowest BCUT2D eigenvalue weighted by Crippen LogP contribution is -2.40. The van der Waals surface area contributed by atoms with E-state index in [1.54, 1.807) is 30.3 Å². The summed E-state index contributed by atoms with van der Waals surface area (Å²) >= 11 is 0. The number of hydrogen-bond donors (Lipinski definition) is 3. The van der Waals surface area contributed by atoms with Gasteiger partial charge in [-0.2, -0.15) is 17.7 Å². The Bertz CT molecular complexity index is 1310. The number of hydrogen-bond acceptors (Lipinski definition) is 7. The van der Waals surface area contributed by atoms with Crippen LogP contribution < -0.4 is 20.5 Å². The topological polar surface area (TPSA) is 122 Å². The van der Waals surface area contributed by atoms with Crippen LogP contribution in [0.15, 0.2) is 48.7 Å². The standard InChI is InChI=1S/C22H21FN6O3S/c1-2-11-32-19-7-5-17(6-8-19)26-21-20(23)13-25-22(28-21)27-18-4-3-15-9-10-29(33(24,30)31)14-16(15)12-18/h1,3-8,12-13H,9-11,14H2,(H2,24,30,31)(H2,25,26,27,28). The van der Waals surface area contributed by atoms with Crippen LogP contribution in [0.25, 0.3) is 0 Å². The van der Waals surface area contributed by atoms with Gasteiger partial charge >= 0.3 is 0 Å². The lowest BCUT2D eigenvalue weighted by Gasteiger charge is -2.26. The molecule has 1 aliphatic rings. The van der Waals surface area contributed by atoms with Crippen LogP contribution >= 0.6 is 0 Å². The van der Waals surface area contributed by atoms with Gasteiger partial charge in [-0.25, -0.2) is 14.5 Å². The molecule has 0 saturated heterocycles. The smallest absolute Gasteiger partial charge is 0.277 e. The molecule has 0 bridgehead atoms. The fourth-order valence-electron chi connectivity index (χ4n) is 3.37. The molecule has 0 aliphatic carbocycles. The number of nitrogens with two attached hydrogens (primary N) is 1. The first-order valence-electron chi connectivity index (χ1n) is 9.94. The second-order valence-corrected chi connectivity index (χ2v) is 8.82. The average molecular weight is 469 g/mol. The van der Waals surface area contributed by atoms with Gasteiger partial charge in [-0.05, 0) is 53.9 Å². The number of ether oxygens (including phenoxy) is 1. The minimum atomic E-state index is -3.77. The lowest BCUT2D eigenvalue weighted by molar-refractivity contribution is 0.370. The van der Waals surface area contributed by atoms with Crippen molar-refractivity contribution in [2.75, 3.05) is 23.8 Å². The minimum Gasteiger partial charge on any atom is -0.481 e. The van der Waals surface area contributed by atoms with Gasteiger partial charge in [-0.3, -0.25) is 0 Å². The summed E-state index contributed by atoms with van der Waals surface area (Å²) in [7, 11) is -3.77. The van der Waals surface area contributed by atoms with Gasteiger partial charge in [0.2, 0.25) is 5.95 Å². The second-order valence-electron chi connectivity index (χ2n) is 7.27. The highest BCUT2D eigenvalue weighted by atomic mass is 32.2. The molecule has 4 N–H and O–H groups in total. The number of nitrogens with zero attached hydrogens (tertiary/aromatic N) is 3. The van der Waals surface area contributed by atoms with E-state index in [1.807, 2.05) is 12.1 Å². The van der Waals surface area contributed by atoms with Gasteiger partial charge in [-0.1, -0.05) is 12.0 Å². The van der Waals surface area contributed by atoms with Crippen molar-refractivity contribution in [2.24, 2.45) is 5.14 Å².